The van der Waals surface area contributed by atoms with Crippen molar-refractivity contribution in [2.75, 3.05) is 11.9 Å². The number of phenolic OH excluding ortho intramolecular Hbond substituents is 1. The number of nitrogens with zero attached hydrogens (tertiary/aromatic N) is 2. The molecule has 2 N–H and O–H groups in total. The molecule has 28 heavy (non-hydrogen) atoms. The van der Waals surface area contributed by atoms with Crippen LogP contribution in [-0.2, 0) is 13.0 Å². The topological polar surface area (TPSA) is 82.5 Å². The number of rotatable bonds is 3. The lowest BCUT2D eigenvalue weighted by atomic mass is 9.99. The van der Waals surface area contributed by atoms with Gasteiger partial charge < -0.3 is 15.3 Å². The zero-order valence-electron chi connectivity index (χ0n) is 15.1. The van der Waals surface area contributed by atoms with Crippen LogP contribution in [0.1, 0.15) is 32.0 Å². The first-order valence-electron chi connectivity index (χ1n) is 9.02. The molecule has 6 heteroatoms. The van der Waals surface area contributed by atoms with Crippen LogP contribution in [0.15, 0.2) is 66.9 Å². The van der Waals surface area contributed by atoms with Crippen molar-refractivity contribution < 1.29 is 14.7 Å². The lowest BCUT2D eigenvalue weighted by Gasteiger charge is -2.29. The van der Waals surface area contributed by atoms with Crippen LogP contribution < -0.4 is 5.32 Å². The number of hydrogen-bond donors (Lipinski definition) is 2. The summed E-state index contributed by atoms with van der Waals surface area (Å²) in [5.41, 5.74) is 3.62. The average Bonchev–Trinajstić information content (AvgIpc) is 2.74. The van der Waals surface area contributed by atoms with Gasteiger partial charge in [0.2, 0.25) is 0 Å². The molecule has 0 radical (unpaired) electrons. The third kappa shape index (κ3) is 3.71. The van der Waals surface area contributed by atoms with Gasteiger partial charge in [-0.25, -0.2) is 0 Å². The van der Waals surface area contributed by atoms with Crippen LogP contribution in [0.4, 0.5) is 5.69 Å². The Balaban J connectivity index is 1.44. The van der Waals surface area contributed by atoms with Crippen molar-refractivity contribution in [3.63, 3.8) is 0 Å². The number of fused-ring (bicyclic) bond motifs is 1. The molecule has 0 fully saturated rings. The molecule has 0 atom stereocenters. The molecule has 2 aromatic carbocycles. The number of benzene rings is 2. The zero-order valence-corrected chi connectivity index (χ0v) is 15.1. The van der Waals surface area contributed by atoms with Crippen molar-refractivity contribution in [2.24, 2.45) is 0 Å². The summed E-state index contributed by atoms with van der Waals surface area (Å²) in [6, 6.07) is 17.3. The fourth-order valence-electron chi connectivity index (χ4n) is 3.29. The second-order valence-electron chi connectivity index (χ2n) is 6.68. The molecule has 6 nitrogen and oxygen atoms in total. The molecule has 0 spiro atoms. The Bertz CT molecular complexity index is 1020. The summed E-state index contributed by atoms with van der Waals surface area (Å²) < 4.78 is 0. The number of aromatic hydroxyl groups is 1. The summed E-state index contributed by atoms with van der Waals surface area (Å²) >= 11 is 0. The van der Waals surface area contributed by atoms with Gasteiger partial charge in [-0.05, 0) is 66.1 Å². The van der Waals surface area contributed by atoms with E-state index < -0.39 is 0 Å². The number of amides is 2. The molecular weight excluding hydrogens is 354 g/mol. The molecule has 3 aromatic rings. The lowest BCUT2D eigenvalue weighted by molar-refractivity contribution is 0.0734. The van der Waals surface area contributed by atoms with Gasteiger partial charge in [0.05, 0.1) is 0 Å². The number of carbonyl (C=O) groups is 2. The van der Waals surface area contributed by atoms with E-state index >= 15 is 0 Å². The van der Waals surface area contributed by atoms with Gasteiger partial charge in [-0.3, -0.25) is 14.6 Å². The largest absolute Gasteiger partial charge is 0.508 e. The lowest BCUT2D eigenvalue weighted by Crippen LogP contribution is -2.35. The van der Waals surface area contributed by atoms with Crippen molar-refractivity contribution >= 4 is 17.5 Å². The molecule has 1 aliphatic rings. The third-order valence-electron chi connectivity index (χ3n) is 4.78. The molecule has 0 bridgehead atoms. The molecule has 0 saturated heterocycles. The Labute approximate surface area is 162 Å². The Kier molecular flexibility index (Phi) is 4.76. The fourth-order valence-corrected chi connectivity index (χ4v) is 3.29. The minimum atomic E-state index is -0.299. The highest BCUT2D eigenvalue weighted by atomic mass is 16.3. The average molecular weight is 373 g/mol. The maximum Gasteiger partial charge on any atom is 0.274 e. The zero-order chi connectivity index (χ0) is 19.5. The maximum atomic E-state index is 12.8. The molecule has 2 heterocycles. The van der Waals surface area contributed by atoms with Gasteiger partial charge in [0.25, 0.3) is 11.8 Å². The summed E-state index contributed by atoms with van der Waals surface area (Å²) in [6.07, 6.45) is 2.33. The van der Waals surface area contributed by atoms with E-state index in [9.17, 15) is 14.7 Å². The SMILES string of the molecule is O=C(Nc1ccc(C(=O)N2CCc3ccc(O)cc3C2)cc1)c1ccccn1. The number of pyridine rings is 1. The van der Waals surface area contributed by atoms with Crippen LogP contribution in [-0.4, -0.2) is 33.3 Å². The summed E-state index contributed by atoms with van der Waals surface area (Å²) in [5.74, 6) is -0.162. The number of nitrogens with one attached hydrogen (secondary N) is 1. The molecule has 0 aliphatic carbocycles. The highest BCUT2D eigenvalue weighted by Crippen LogP contribution is 2.24. The first-order valence-corrected chi connectivity index (χ1v) is 9.02. The van der Waals surface area contributed by atoms with Crippen LogP contribution in [0.2, 0.25) is 0 Å². The van der Waals surface area contributed by atoms with E-state index in [1.54, 1.807) is 65.7 Å². The molecule has 0 saturated carbocycles. The van der Waals surface area contributed by atoms with E-state index in [4.69, 9.17) is 0 Å². The highest BCUT2D eigenvalue weighted by Gasteiger charge is 2.22. The Morgan fingerprint density at radius 1 is 1.00 bits per heavy atom. The van der Waals surface area contributed by atoms with Crippen molar-refractivity contribution in [1.82, 2.24) is 9.88 Å². The second kappa shape index (κ2) is 7.52. The van der Waals surface area contributed by atoms with Gasteiger partial charge in [0, 0.05) is 30.5 Å². The van der Waals surface area contributed by atoms with Crippen molar-refractivity contribution in [3.05, 3.63) is 89.2 Å². The number of carbonyl (C=O) groups excluding carboxylic acids is 2. The first-order chi connectivity index (χ1) is 13.6. The second-order valence-corrected chi connectivity index (χ2v) is 6.68. The van der Waals surface area contributed by atoms with E-state index in [0.29, 0.717) is 30.0 Å². The van der Waals surface area contributed by atoms with Gasteiger partial charge in [-0.1, -0.05) is 12.1 Å². The van der Waals surface area contributed by atoms with E-state index in [2.05, 4.69) is 10.3 Å². The monoisotopic (exact) mass is 373 g/mol. The Morgan fingerprint density at radius 2 is 1.82 bits per heavy atom. The van der Waals surface area contributed by atoms with Gasteiger partial charge in [0.1, 0.15) is 11.4 Å². The standard InChI is InChI=1S/C22H19N3O3/c26-19-9-6-15-10-12-25(14-17(15)13-19)22(28)16-4-7-18(8-5-16)24-21(27)20-3-1-2-11-23-20/h1-9,11,13,26H,10,12,14H2,(H,24,27). The minimum absolute atomic E-state index is 0.0726. The fraction of sp³-hybridized carbons (Fsp3) is 0.136. The van der Waals surface area contributed by atoms with Crippen molar-refractivity contribution in [2.45, 2.75) is 13.0 Å². The molecular formula is C22H19N3O3. The smallest absolute Gasteiger partial charge is 0.274 e. The predicted molar refractivity (Wildman–Crippen MR) is 105 cm³/mol. The molecule has 1 aromatic heterocycles. The number of aromatic nitrogens is 1. The van der Waals surface area contributed by atoms with E-state index in [1.165, 1.54) is 0 Å². The van der Waals surface area contributed by atoms with Gasteiger partial charge in [-0.15, -0.1) is 0 Å². The van der Waals surface area contributed by atoms with Gasteiger partial charge in [0.15, 0.2) is 0 Å². The highest BCUT2D eigenvalue weighted by molar-refractivity contribution is 6.03. The van der Waals surface area contributed by atoms with Crippen molar-refractivity contribution in [1.29, 1.82) is 0 Å². The Morgan fingerprint density at radius 3 is 2.57 bits per heavy atom. The molecule has 140 valence electrons. The van der Waals surface area contributed by atoms with Crippen LogP contribution in [0, 0.1) is 0 Å². The summed E-state index contributed by atoms with van der Waals surface area (Å²) in [6.45, 7) is 1.11. The summed E-state index contributed by atoms with van der Waals surface area (Å²) in [4.78, 5) is 30.8. The summed E-state index contributed by atoms with van der Waals surface area (Å²) in [5, 5.41) is 12.4. The van der Waals surface area contributed by atoms with Gasteiger partial charge >= 0.3 is 0 Å². The maximum absolute atomic E-state index is 12.8. The normalized spacial score (nSPS) is 12.9. The number of anilines is 1. The first kappa shape index (κ1) is 17.7. The Hall–Kier alpha value is -3.67. The van der Waals surface area contributed by atoms with Crippen molar-refractivity contribution in [3.8, 4) is 5.75 Å². The van der Waals surface area contributed by atoms with Crippen LogP contribution in [0.25, 0.3) is 0 Å². The van der Waals surface area contributed by atoms with Gasteiger partial charge in [-0.2, -0.15) is 0 Å². The number of hydrogen-bond acceptors (Lipinski definition) is 4. The van der Waals surface area contributed by atoms with Crippen LogP contribution >= 0.6 is 0 Å². The predicted octanol–water partition coefficient (Wildman–Crippen LogP) is 3.24. The van der Waals surface area contributed by atoms with E-state index in [0.717, 1.165) is 17.5 Å². The van der Waals surface area contributed by atoms with Crippen LogP contribution in [0.3, 0.4) is 0 Å². The van der Waals surface area contributed by atoms with E-state index in [1.807, 2.05) is 6.07 Å². The molecule has 1 aliphatic heterocycles. The third-order valence-corrected chi connectivity index (χ3v) is 4.78. The quantitative estimate of drug-likeness (QED) is 0.738. The van der Waals surface area contributed by atoms with Crippen LogP contribution in [0.5, 0.6) is 5.75 Å². The number of phenols is 1. The molecule has 4 rings (SSSR count). The molecule has 0 unspecified atom stereocenters. The minimum Gasteiger partial charge on any atom is -0.508 e. The summed E-state index contributed by atoms with van der Waals surface area (Å²) in [7, 11) is 0. The van der Waals surface area contributed by atoms with E-state index in [-0.39, 0.29) is 17.6 Å². The molecule has 2 amide bonds.